The molecule has 2 aromatic heterocycles. The van der Waals surface area contributed by atoms with Crippen molar-refractivity contribution in [1.82, 2.24) is 24.5 Å². The third kappa shape index (κ3) is 1.94. The standard InChI is InChI=1S/C14H14N6O2/c15-4-10-5-16-20(7-10)11-8-18(9-11)13(21)12-6-17-19-2-1-3-22-14(12)19/h5-7,11H,1-3,8-9H2. The Kier molecular flexibility index (Phi) is 2.85. The molecule has 0 bridgehead atoms. The van der Waals surface area contributed by atoms with E-state index in [1.54, 1.807) is 26.7 Å². The van der Waals surface area contributed by atoms with Crippen LogP contribution in [0.15, 0.2) is 18.6 Å². The highest BCUT2D eigenvalue weighted by Gasteiger charge is 2.35. The van der Waals surface area contributed by atoms with Crippen molar-refractivity contribution in [2.24, 2.45) is 0 Å². The van der Waals surface area contributed by atoms with Gasteiger partial charge in [0.1, 0.15) is 11.6 Å². The van der Waals surface area contributed by atoms with E-state index in [4.69, 9.17) is 10.00 Å². The number of aromatic nitrogens is 4. The topological polar surface area (TPSA) is 89.0 Å². The lowest BCUT2D eigenvalue weighted by Gasteiger charge is -2.39. The zero-order valence-corrected chi connectivity index (χ0v) is 11.8. The summed E-state index contributed by atoms with van der Waals surface area (Å²) in [5, 5.41) is 17.2. The SMILES string of the molecule is N#Cc1cnn(C2CN(C(=O)c3cnn4c3OCCC4)C2)c1. The van der Waals surface area contributed by atoms with Gasteiger partial charge >= 0.3 is 0 Å². The average molecular weight is 298 g/mol. The summed E-state index contributed by atoms with van der Waals surface area (Å²) in [7, 11) is 0. The number of likely N-dealkylation sites (tertiary alicyclic amines) is 1. The minimum atomic E-state index is -0.0629. The van der Waals surface area contributed by atoms with Crippen molar-refractivity contribution in [3.05, 3.63) is 29.7 Å². The van der Waals surface area contributed by atoms with Crippen molar-refractivity contribution in [1.29, 1.82) is 5.26 Å². The maximum atomic E-state index is 12.5. The maximum Gasteiger partial charge on any atom is 0.261 e. The number of hydrogen-bond donors (Lipinski definition) is 0. The van der Waals surface area contributed by atoms with Crippen LogP contribution in [-0.2, 0) is 6.54 Å². The van der Waals surface area contributed by atoms with Crippen LogP contribution in [0.25, 0.3) is 0 Å². The normalized spacial score (nSPS) is 17.3. The largest absolute Gasteiger partial charge is 0.477 e. The van der Waals surface area contributed by atoms with Crippen LogP contribution in [0.2, 0.25) is 0 Å². The molecule has 0 aromatic carbocycles. The van der Waals surface area contributed by atoms with Crippen LogP contribution >= 0.6 is 0 Å². The first-order chi connectivity index (χ1) is 10.8. The monoisotopic (exact) mass is 298 g/mol. The van der Waals surface area contributed by atoms with Gasteiger partial charge in [-0.2, -0.15) is 15.5 Å². The number of carbonyl (C=O) groups is 1. The highest BCUT2D eigenvalue weighted by atomic mass is 16.5. The van der Waals surface area contributed by atoms with Crippen LogP contribution in [0.1, 0.15) is 28.4 Å². The van der Waals surface area contributed by atoms with Crippen LogP contribution in [0, 0.1) is 11.3 Å². The van der Waals surface area contributed by atoms with E-state index >= 15 is 0 Å². The second-order valence-corrected chi connectivity index (χ2v) is 5.47. The molecule has 2 aromatic rings. The smallest absolute Gasteiger partial charge is 0.261 e. The van der Waals surface area contributed by atoms with E-state index < -0.39 is 0 Å². The molecule has 1 saturated heterocycles. The fraction of sp³-hybridized carbons (Fsp3) is 0.429. The predicted molar refractivity (Wildman–Crippen MR) is 74.2 cm³/mol. The van der Waals surface area contributed by atoms with E-state index in [0.29, 0.717) is 36.7 Å². The lowest BCUT2D eigenvalue weighted by molar-refractivity contribution is 0.0495. The second kappa shape index (κ2) is 4.87. The molecule has 0 aliphatic carbocycles. The number of ether oxygens (including phenoxy) is 1. The van der Waals surface area contributed by atoms with E-state index in [-0.39, 0.29) is 11.9 Å². The molecule has 22 heavy (non-hydrogen) atoms. The molecular weight excluding hydrogens is 284 g/mol. The summed E-state index contributed by atoms with van der Waals surface area (Å²) in [6, 6.07) is 2.17. The molecule has 0 atom stereocenters. The zero-order chi connectivity index (χ0) is 15.1. The van der Waals surface area contributed by atoms with Crippen molar-refractivity contribution >= 4 is 5.91 Å². The van der Waals surface area contributed by atoms with Crippen molar-refractivity contribution in [3.63, 3.8) is 0 Å². The average Bonchev–Trinajstić information content (AvgIpc) is 3.12. The summed E-state index contributed by atoms with van der Waals surface area (Å²) >= 11 is 0. The second-order valence-electron chi connectivity index (χ2n) is 5.47. The Morgan fingerprint density at radius 2 is 2.23 bits per heavy atom. The molecule has 112 valence electrons. The van der Waals surface area contributed by atoms with Gasteiger partial charge in [-0.3, -0.25) is 9.48 Å². The fourth-order valence-corrected chi connectivity index (χ4v) is 2.77. The molecule has 0 spiro atoms. The van der Waals surface area contributed by atoms with Gasteiger partial charge in [0.2, 0.25) is 5.88 Å². The molecule has 0 radical (unpaired) electrons. The van der Waals surface area contributed by atoms with Gasteiger partial charge in [0.05, 0.1) is 30.6 Å². The fourth-order valence-electron chi connectivity index (χ4n) is 2.77. The molecule has 0 unspecified atom stereocenters. The van der Waals surface area contributed by atoms with Gasteiger partial charge in [0.15, 0.2) is 0 Å². The van der Waals surface area contributed by atoms with Gasteiger partial charge in [0, 0.05) is 32.3 Å². The van der Waals surface area contributed by atoms with E-state index in [9.17, 15) is 4.79 Å². The van der Waals surface area contributed by atoms with E-state index in [2.05, 4.69) is 10.2 Å². The number of rotatable bonds is 2. The minimum Gasteiger partial charge on any atom is -0.477 e. The molecule has 1 fully saturated rings. The Bertz CT molecular complexity index is 765. The third-order valence-electron chi connectivity index (χ3n) is 4.03. The number of carbonyl (C=O) groups excluding carboxylic acids is 1. The first-order valence-electron chi connectivity index (χ1n) is 7.18. The highest BCUT2D eigenvalue weighted by Crippen LogP contribution is 2.28. The van der Waals surface area contributed by atoms with Crippen LogP contribution in [0.5, 0.6) is 5.88 Å². The number of nitriles is 1. The number of aryl methyl sites for hydroxylation is 1. The summed E-state index contributed by atoms with van der Waals surface area (Å²) < 4.78 is 9.04. The van der Waals surface area contributed by atoms with Crippen LogP contribution in [0.3, 0.4) is 0 Å². The van der Waals surface area contributed by atoms with Gasteiger partial charge < -0.3 is 9.64 Å². The molecule has 1 amide bonds. The summed E-state index contributed by atoms with van der Waals surface area (Å²) in [5.41, 5.74) is 1.06. The Hall–Kier alpha value is -2.82. The molecule has 4 rings (SSSR count). The first-order valence-corrected chi connectivity index (χ1v) is 7.18. The molecule has 2 aliphatic rings. The van der Waals surface area contributed by atoms with Crippen LogP contribution in [0.4, 0.5) is 0 Å². The van der Waals surface area contributed by atoms with Gasteiger partial charge in [-0.1, -0.05) is 0 Å². The zero-order valence-electron chi connectivity index (χ0n) is 11.8. The predicted octanol–water partition coefficient (Wildman–Crippen LogP) is 0.431. The Labute approximate surface area is 126 Å². The molecular formula is C14H14N6O2. The number of nitrogens with zero attached hydrogens (tertiary/aromatic N) is 6. The summed E-state index contributed by atoms with van der Waals surface area (Å²) in [4.78, 5) is 14.3. The molecule has 8 nitrogen and oxygen atoms in total. The number of hydrogen-bond acceptors (Lipinski definition) is 5. The lowest BCUT2D eigenvalue weighted by atomic mass is 10.1. The van der Waals surface area contributed by atoms with Gasteiger partial charge in [-0.25, -0.2) is 4.68 Å². The summed E-state index contributed by atoms with van der Waals surface area (Å²) in [6.45, 7) is 2.57. The Morgan fingerprint density at radius 3 is 3.00 bits per heavy atom. The lowest BCUT2D eigenvalue weighted by Crippen LogP contribution is -2.50. The van der Waals surface area contributed by atoms with Crippen molar-refractivity contribution in [2.75, 3.05) is 19.7 Å². The van der Waals surface area contributed by atoms with Crippen LogP contribution < -0.4 is 4.74 Å². The number of fused-ring (bicyclic) bond motifs is 1. The quantitative estimate of drug-likeness (QED) is 0.802. The molecule has 0 saturated carbocycles. The minimum absolute atomic E-state index is 0.0629. The van der Waals surface area contributed by atoms with E-state index in [0.717, 1.165) is 13.0 Å². The van der Waals surface area contributed by atoms with E-state index in [1.165, 1.54) is 6.20 Å². The molecule has 4 heterocycles. The maximum absolute atomic E-state index is 12.5. The summed E-state index contributed by atoms with van der Waals surface area (Å²) in [5.74, 6) is 0.512. The first kappa shape index (κ1) is 12.9. The van der Waals surface area contributed by atoms with Crippen molar-refractivity contribution in [2.45, 2.75) is 19.0 Å². The van der Waals surface area contributed by atoms with Gasteiger partial charge in [-0.05, 0) is 0 Å². The van der Waals surface area contributed by atoms with Gasteiger partial charge in [0.25, 0.3) is 5.91 Å². The molecule has 2 aliphatic heterocycles. The highest BCUT2D eigenvalue weighted by molar-refractivity contribution is 5.96. The Morgan fingerprint density at radius 1 is 1.36 bits per heavy atom. The van der Waals surface area contributed by atoms with E-state index in [1.807, 2.05) is 6.07 Å². The molecule has 8 heteroatoms. The molecule has 0 N–H and O–H groups in total. The van der Waals surface area contributed by atoms with Crippen molar-refractivity contribution in [3.8, 4) is 11.9 Å². The Balaban J connectivity index is 1.45. The summed E-state index contributed by atoms with van der Waals surface area (Å²) in [6.07, 6.45) is 5.73. The van der Waals surface area contributed by atoms with Crippen LogP contribution in [-0.4, -0.2) is 50.1 Å². The van der Waals surface area contributed by atoms with Crippen molar-refractivity contribution < 1.29 is 9.53 Å². The van der Waals surface area contributed by atoms with Gasteiger partial charge in [-0.15, -0.1) is 0 Å². The third-order valence-corrected chi connectivity index (χ3v) is 4.03. The number of amides is 1.